The smallest absolute Gasteiger partial charge is 0.0540 e. The highest BCUT2D eigenvalue weighted by Gasteiger charge is 2.26. The van der Waals surface area contributed by atoms with Crippen molar-refractivity contribution in [3.63, 3.8) is 0 Å². The lowest BCUT2D eigenvalue weighted by atomic mass is 9.92. The molecule has 0 amide bonds. The van der Waals surface area contributed by atoms with Crippen molar-refractivity contribution < 1.29 is 0 Å². The molecule has 94 valence electrons. The van der Waals surface area contributed by atoms with E-state index in [-0.39, 0.29) is 0 Å². The van der Waals surface area contributed by atoms with Crippen molar-refractivity contribution in [2.45, 2.75) is 44.2 Å². The van der Waals surface area contributed by atoms with Crippen LogP contribution in [0, 0.1) is 0 Å². The first-order chi connectivity index (χ1) is 8.34. The van der Waals surface area contributed by atoms with Crippen LogP contribution in [0.1, 0.15) is 43.0 Å². The molecule has 17 heavy (non-hydrogen) atoms. The Kier molecular flexibility index (Phi) is 3.43. The fourth-order valence-electron chi connectivity index (χ4n) is 3.04. The molecule has 0 radical (unpaired) electrons. The molecule has 1 fully saturated rings. The fourth-order valence-corrected chi connectivity index (χ4v) is 4.12. The molecular weight excluding hydrogens is 230 g/mol. The SMILES string of the molecule is Cn1ncc2c1CCCC2NC1CCCSC1. The fraction of sp³-hybridized carbons (Fsp3) is 0.769. The van der Waals surface area contributed by atoms with Crippen molar-refractivity contribution in [1.29, 1.82) is 0 Å². The summed E-state index contributed by atoms with van der Waals surface area (Å²) in [5.74, 6) is 2.63. The molecule has 2 atom stereocenters. The van der Waals surface area contributed by atoms with Gasteiger partial charge in [0.15, 0.2) is 0 Å². The van der Waals surface area contributed by atoms with Gasteiger partial charge in [-0.1, -0.05) is 0 Å². The summed E-state index contributed by atoms with van der Waals surface area (Å²) in [4.78, 5) is 0. The van der Waals surface area contributed by atoms with Crippen molar-refractivity contribution in [3.8, 4) is 0 Å². The molecule has 1 aromatic heterocycles. The molecule has 1 saturated heterocycles. The van der Waals surface area contributed by atoms with Gasteiger partial charge in [0.1, 0.15) is 0 Å². The van der Waals surface area contributed by atoms with Gasteiger partial charge in [0.25, 0.3) is 0 Å². The molecule has 1 aliphatic heterocycles. The van der Waals surface area contributed by atoms with Crippen LogP contribution in [0.25, 0.3) is 0 Å². The second-order valence-corrected chi connectivity index (χ2v) is 6.35. The molecule has 3 nitrogen and oxygen atoms in total. The van der Waals surface area contributed by atoms with Crippen molar-refractivity contribution in [2.75, 3.05) is 11.5 Å². The summed E-state index contributed by atoms with van der Waals surface area (Å²) in [5.41, 5.74) is 2.89. The second kappa shape index (κ2) is 5.02. The Morgan fingerprint density at radius 3 is 3.18 bits per heavy atom. The van der Waals surface area contributed by atoms with E-state index in [9.17, 15) is 0 Å². The Hall–Kier alpha value is -0.480. The van der Waals surface area contributed by atoms with Gasteiger partial charge in [0.2, 0.25) is 0 Å². The summed E-state index contributed by atoms with van der Waals surface area (Å²) >= 11 is 2.09. The molecule has 0 bridgehead atoms. The van der Waals surface area contributed by atoms with Gasteiger partial charge in [0, 0.05) is 36.1 Å². The van der Waals surface area contributed by atoms with Crippen molar-refractivity contribution in [1.82, 2.24) is 15.1 Å². The summed E-state index contributed by atoms with van der Waals surface area (Å²) in [6.45, 7) is 0. The Labute approximate surface area is 107 Å². The minimum Gasteiger partial charge on any atom is -0.306 e. The molecule has 4 heteroatoms. The number of hydrogen-bond donors (Lipinski definition) is 1. The number of nitrogens with zero attached hydrogens (tertiary/aromatic N) is 2. The monoisotopic (exact) mass is 251 g/mol. The first-order valence-corrected chi connectivity index (χ1v) is 7.84. The van der Waals surface area contributed by atoms with Gasteiger partial charge >= 0.3 is 0 Å². The average Bonchev–Trinajstić information content (AvgIpc) is 2.74. The molecule has 2 heterocycles. The van der Waals surface area contributed by atoms with E-state index < -0.39 is 0 Å². The first-order valence-electron chi connectivity index (χ1n) is 6.69. The van der Waals surface area contributed by atoms with Crippen molar-refractivity contribution in [2.24, 2.45) is 7.05 Å². The van der Waals surface area contributed by atoms with Crippen LogP contribution in [-0.2, 0) is 13.5 Å². The first kappa shape index (κ1) is 11.6. The molecule has 0 aromatic carbocycles. The summed E-state index contributed by atoms with van der Waals surface area (Å²) in [6.07, 6.45) is 8.56. The molecule has 2 unspecified atom stereocenters. The largest absolute Gasteiger partial charge is 0.306 e. The highest BCUT2D eigenvalue weighted by atomic mass is 32.2. The Morgan fingerprint density at radius 2 is 2.35 bits per heavy atom. The van der Waals surface area contributed by atoms with Crippen LogP contribution in [-0.4, -0.2) is 27.3 Å². The van der Waals surface area contributed by atoms with E-state index in [1.807, 2.05) is 0 Å². The van der Waals surface area contributed by atoms with Crippen LogP contribution >= 0.6 is 11.8 Å². The van der Waals surface area contributed by atoms with E-state index in [1.165, 1.54) is 54.9 Å². The minimum atomic E-state index is 0.552. The third-order valence-corrected chi connectivity index (χ3v) is 5.19. The van der Waals surface area contributed by atoms with Gasteiger partial charge < -0.3 is 5.32 Å². The maximum Gasteiger partial charge on any atom is 0.0540 e. The highest BCUT2D eigenvalue weighted by Crippen LogP contribution is 2.30. The number of aryl methyl sites for hydroxylation is 1. The molecule has 0 spiro atoms. The van der Waals surface area contributed by atoms with Gasteiger partial charge in [-0.2, -0.15) is 16.9 Å². The number of fused-ring (bicyclic) bond motifs is 1. The standard InChI is InChI=1S/C13H21N3S/c1-16-13-6-2-5-12(11(13)8-14-16)15-10-4-3-7-17-9-10/h8,10,12,15H,2-7,9H2,1H3. The summed E-state index contributed by atoms with van der Waals surface area (Å²) in [7, 11) is 2.07. The van der Waals surface area contributed by atoms with Crippen molar-refractivity contribution in [3.05, 3.63) is 17.5 Å². The minimum absolute atomic E-state index is 0.552. The molecule has 1 aromatic rings. The number of aromatic nitrogens is 2. The Balaban J connectivity index is 1.71. The predicted octanol–water partition coefficient (Wildman–Crippen LogP) is 2.28. The summed E-state index contributed by atoms with van der Waals surface area (Å²) in [5, 5.41) is 8.27. The van der Waals surface area contributed by atoms with Crippen LogP contribution < -0.4 is 5.32 Å². The zero-order valence-electron chi connectivity index (χ0n) is 10.5. The topological polar surface area (TPSA) is 29.9 Å². The number of nitrogens with one attached hydrogen (secondary N) is 1. The van der Waals surface area contributed by atoms with E-state index in [4.69, 9.17) is 0 Å². The van der Waals surface area contributed by atoms with Gasteiger partial charge in [-0.05, 0) is 37.9 Å². The van der Waals surface area contributed by atoms with Gasteiger partial charge in [-0.15, -0.1) is 0 Å². The van der Waals surface area contributed by atoms with Crippen LogP contribution in [0.5, 0.6) is 0 Å². The third-order valence-electron chi connectivity index (χ3n) is 3.97. The molecule has 1 N–H and O–H groups in total. The Morgan fingerprint density at radius 1 is 1.41 bits per heavy atom. The van der Waals surface area contributed by atoms with Crippen molar-refractivity contribution >= 4 is 11.8 Å². The number of rotatable bonds is 2. The maximum atomic E-state index is 4.41. The zero-order chi connectivity index (χ0) is 11.7. The van der Waals surface area contributed by atoms with E-state index in [2.05, 4.69) is 40.1 Å². The molecule has 0 saturated carbocycles. The van der Waals surface area contributed by atoms with Gasteiger partial charge in [-0.25, -0.2) is 0 Å². The molecule has 3 rings (SSSR count). The van der Waals surface area contributed by atoms with Crippen LogP contribution in [0.2, 0.25) is 0 Å². The third kappa shape index (κ3) is 2.38. The van der Waals surface area contributed by atoms with E-state index in [0.29, 0.717) is 12.1 Å². The van der Waals surface area contributed by atoms with Crippen LogP contribution in [0.3, 0.4) is 0 Å². The molecule has 1 aliphatic carbocycles. The lowest BCUT2D eigenvalue weighted by Gasteiger charge is -2.30. The quantitative estimate of drug-likeness (QED) is 0.874. The van der Waals surface area contributed by atoms with Crippen LogP contribution in [0.4, 0.5) is 0 Å². The van der Waals surface area contributed by atoms with Crippen LogP contribution in [0.15, 0.2) is 6.20 Å². The second-order valence-electron chi connectivity index (χ2n) is 5.20. The number of thioether (sulfide) groups is 1. The zero-order valence-corrected chi connectivity index (χ0v) is 11.3. The van der Waals surface area contributed by atoms with E-state index in [1.54, 1.807) is 0 Å². The average molecular weight is 251 g/mol. The molecule has 2 aliphatic rings. The summed E-state index contributed by atoms with van der Waals surface area (Å²) < 4.78 is 2.05. The van der Waals surface area contributed by atoms with E-state index in [0.717, 1.165) is 0 Å². The maximum absolute atomic E-state index is 4.41. The van der Waals surface area contributed by atoms with Gasteiger partial charge in [-0.3, -0.25) is 4.68 Å². The predicted molar refractivity (Wildman–Crippen MR) is 72.4 cm³/mol. The lowest BCUT2D eigenvalue weighted by molar-refractivity contribution is 0.391. The normalized spacial score (nSPS) is 29.0. The highest BCUT2D eigenvalue weighted by molar-refractivity contribution is 7.99. The Bertz CT molecular complexity index is 382. The lowest BCUT2D eigenvalue weighted by Crippen LogP contribution is -2.38. The van der Waals surface area contributed by atoms with Gasteiger partial charge in [0.05, 0.1) is 6.20 Å². The number of hydrogen-bond acceptors (Lipinski definition) is 3. The summed E-state index contributed by atoms with van der Waals surface area (Å²) in [6, 6.07) is 1.26. The molecular formula is C13H21N3S. The van der Waals surface area contributed by atoms with E-state index >= 15 is 0 Å².